The van der Waals surface area contributed by atoms with Gasteiger partial charge in [-0.15, -0.1) is 6.58 Å². The van der Waals surface area contributed by atoms with Gasteiger partial charge >= 0.3 is 0 Å². The van der Waals surface area contributed by atoms with E-state index in [1.165, 1.54) is 64.2 Å². The van der Waals surface area contributed by atoms with E-state index < -0.39 is 5.79 Å². The van der Waals surface area contributed by atoms with Crippen LogP contribution in [0.1, 0.15) is 97.8 Å². The maximum absolute atomic E-state index is 10.5. The highest BCUT2D eigenvalue weighted by atomic mass is 16.7. The smallest absolute Gasteiger partial charge is 0.163 e. The average molecular weight is 355 g/mol. The van der Waals surface area contributed by atoms with E-state index in [0.29, 0.717) is 6.61 Å². The molecule has 1 aliphatic heterocycles. The third-order valence-electron chi connectivity index (χ3n) is 5.28. The molecular formula is C22H42O3. The Morgan fingerprint density at radius 2 is 1.52 bits per heavy atom. The van der Waals surface area contributed by atoms with Gasteiger partial charge in [0.2, 0.25) is 0 Å². The summed E-state index contributed by atoms with van der Waals surface area (Å²) in [7, 11) is 0. The number of aliphatic hydroxyl groups excluding tert-OH is 1. The summed E-state index contributed by atoms with van der Waals surface area (Å²) in [5.41, 5.74) is 0. The molecule has 0 aliphatic carbocycles. The van der Waals surface area contributed by atoms with E-state index in [1.54, 1.807) is 0 Å². The Kier molecular flexibility index (Phi) is 11.7. The predicted molar refractivity (Wildman–Crippen MR) is 106 cm³/mol. The fourth-order valence-electron chi connectivity index (χ4n) is 3.67. The molecule has 148 valence electrons. The molecular weight excluding hydrogens is 312 g/mol. The largest absolute Gasteiger partial charge is 0.392 e. The molecule has 0 radical (unpaired) electrons. The highest BCUT2D eigenvalue weighted by Crippen LogP contribution is 2.30. The van der Waals surface area contributed by atoms with Gasteiger partial charge in [-0.2, -0.15) is 0 Å². The van der Waals surface area contributed by atoms with Crippen molar-refractivity contribution in [1.82, 2.24) is 0 Å². The first-order chi connectivity index (χ1) is 12.0. The Bertz CT molecular complexity index is 340. The van der Waals surface area contributed by atoms with Crippen LogP contribution in [-0.4, -0.2) is 29.7 Å². The zero-order valence-electron chi connectivity index (χ0n) is 17.0. The van der Waals surface area contributed by atoms with Gasteiger partial charge in [0.15, 0.2) is 5.79 Å². The van der Waals surface area contributed by atoms with Gasteiger partial charge in [-0.3, -0.25) is 0 Å². The molecule has 1 saturated heterocycles. The van der Waals surface area contributed by atoms with E-state index in [2.05, 4.69) is 13.5 Å². The first-order valence-electron chi connectivity index (χ1n) is 10.6. The van der Waals surface area contributed by atoms with Gasteiger partial charge in [-0.05, 0) is 20.3 Å². The lowest BCUT2D eigenvalue weighted by atomic mass is 9.92. The minimum absolute atomic E-state index is 0.0371. The van der Waals surface area contributed by atoms with Gasteiger partial charge in [0.1, 0.15) is 0 Å². The molecule has 1 fully saturated rings. The molecule has 3 nitrogen and oxygen atoms in total. The lowest BCUT2D eigenvalue weighted by Gasteiger charge is -2.25. The van der Waals surface area contributed by atoms with Gasteiger partial charge in [-0.1, -0.05) is 83.6 Å². The SMILES string of the molecule is C=C[C@H]([C@@H](O)CCCCCCCCCCCCC)[C@H]1COC(C)(C)O1. The second-order valence-electron chi connectivity index (χ2n) is 8.07. The fraction of sp³-hybridized carbons (Fsp3) is 0.909. The molecule has 0 saturated carbocycles. The summed E-state index contributed by atoms with van der Waals surface area (Å²) in [6.45, 7) is 10.5. The second-order valence-corrected chi connectivity index (χ2v) is 8.07. The molecule has 0 spiro atoms. The molecule has 0 amide bonds. The van der Waals surface area contributed by atoms with Crippen LogP contribution in [0.3, 0.4) is 0 Å². The van der Waals surface area contributed by atoms with E-state index in [9.17, 15) is 5.11 Å². The van der Waals surface area contributed by atoms with Crippen molar-refractivity contribution in [1.29, 1.82) is 0 Å². The van der Waals surface area contributed by atoms with Crippen LogP contribution in [0, 0.1) is 5.92 Å². The minimum Gasteiger partial charge on any atom is -0.392 e. The number of rotatable bonds is 15. The molecule has 3 atom stereocenters. The van der Waals surface area contributed by atoms with Crippen molar-refractivity contribution in [3.63, 3.8) is 0 Å². The molecule has 0 aromatic rings. The van der Waals surface area contributed by atoms with Crippen molar-refractivity contribution in [3.8, 4) is 0 Å². The molecule has 1 aliphatic rings. The van der Waals surface area contributed by atoms with Crippen LogP contribution in [0.2, 0.25) is 0 Å². The lowest BCUT2D eigenvalue weighted by Crippen LogP contribution is -2.33. The normalized spacial score (nSPS) is 22.0. The Hall–Kier alpha value is -0.380. The minimum atomic E-state index is -0.539. The quantitative estimate of drug-likeness (QED) is 0.289. The van der Waals surface area contributed by atoms with Gasteiger partial charge in [0.05, 0.1) is 18.8 Å². The molecule has 25 heavy (non-hydrogen) atoms. The summed E-state index contributed by atoms with van der Waals surface area (Å²) in [4.78, 5) is 0. The summed E-state index contributed by atoms with van der Waals surface area (Å²) >= 11 is 0. The number of aliphatic hydroxyl groups is 1. The molecule has 1 heterocycles. The van der Waals surface area contributed by atoms with Crippen molar-refractivity contribution < 1.29 is 14.6 Å². The average Bonchev–Trinajstić information content (AvgIpc) is 2.93. The number of hydrogen-bond donors (Lipinski definition) is 1. The van der Waals surface area contributed by atoms with E-state index in [-0.39, 0.29) is 18.1 Å². The van der Waals surface area contributed by atoms with E-state index in [4.69, 9.17) is 9.47 Å². The molecule has 0 unspecified atom stereocenters. The Morgan fingerprint density at radius 1 is 1.00 bits per heavy atom. The van der Waals surface area contributed by atoms with Crippen molar-refractivity contribution >= 4 is 0 Å². The monoisotopic (exact) mass is 354 g/mol. The zero-order chi connectivity index (χ0) is 18.5. The van der Waals surface area contributed by atoms with Crippen LogP contribution in [0.5, 0.6) is 0 Å². The Balaban J connectivity index is 2.02. The van der Waals surface area contributed by atoms with Crippen LogP contribution in [0.4, 0.5) is 0 Å². The molecule has 0 aromatic heterocycles. The lowest BCUT2D eigenvalue weighted by molar-refractivity contribution is -0.146. The van der Waals surface area contributed by atoms with Crippen molar-refractivity contribution in [2.75, 3.05) is 6.61 Å². The fourth-order valence-corrected chi connectivity index (χ4v) is 3.67. The van der Waals surface area contributed by atoms with Crippen LogP contribution in [0.25, 0.3) is 0 Å². The second kappa shape index (κ2) is 12.9. The van der Waals surface area contributed by atoms with Gasteiger partial charge in [0.25, 0.3) is 0 Å². The third-order valence-corrected chi connectivity index (χ3v) is 5.28. The third kappa shape index (κ3) is 9.77. The highest BCUT2D eigenvalue weighted by molar-refractivity contribution is 4.93. The summed E-state index contributed by atoms with van der Waals surface area (Å²) in [6, 6.07) is 0. The van der Waals surface area contributed by atoms with Gasteiger partial charge in [-0.25, -0.2) is 0 Å². The number of unbranched alkanes of at least 4 members (excludes halogenated alkanes) is 10. The van der Waals surface area contributed by atoms with Crippen molar-refractivity contribution in [2.24, 2.45) is 5.92 Å². The molecule has 0 aromatic carbocycles. The summed E-state index contributed by atoms with van der Waals surface area (Å²) in [5.74, 6) is -0.577. The van der Waals surface area contributed by atoms with Gasteiger partial charge < -0.3 is 14.6 Å². The van der Waals surface area contributed by atoms with Crippen molar-refractivity contribution in [3.05, 3.63) is 12.7 Å². The van der Waals surface area contributed by atoms with Crippen LogP contribution in [0.15, 0.2) is 12.7 Å². The summed E-state index contributed by atoms with van der Waals surface area (Å²) in [5, 5.41) is 10.5. The Morgan fingerprint density at radius 3 is 1.96 bits per heavy atom. The highest BCUT2D eigenvalue weighted by Gasteiger charge is 2.38. The maximum Gasteiger partial charge on any atom is 0.163 e. The van der Waals surface area contributed by atoms with Crippen molar-refractivity contribution in [2.45, 2.75) is 116 Å². The summed E-state index contributed by atoms with van der Waals surface area (Å²) in [6.07, 6.45) is 16.8. The maximum atomic E-state index is 10.5. The molecule has 1 N–H and O–H groups in total. The van der Waals surface area contributed by atoms with Crippen LogP contribution < -0.4 is 0 Å². The first-order valence-corrected chi connectivity index (χ1v) is 10.6. The molecule has 1 rings (SSSR count). The number of ether oxygens (including phenoxy) is 2. The van der Waals surface area contributed by atoms with Gasteiger partial charge in [0, 0.05) is 5.92 Å². The van der Waals surface area contributed by atoms with Crippen LogP contribution in [-0.2, 0) is 9.47 Å². The molecule has 0 bridgehead atoms. The van der Waals surface area contributed by atoms with Crippen LogP contribution >= 0.6 is 0 Å². The Labute approximate surface area is 156 Å². The van der Waals surface area contributed by atoms with E-state index >= 15 is 0 Å². The molecule has 3 heteroatoms. The summed E-state index contributed by atoms with van der Waals surface area (Å²) < 4.78 is 11.5. The van der Waals surface area contributed by atoms with E-state index in [1.807, 2.05) is 19.9 Å². The number of hydrogen-bond acceptors (Lipinski definition) is 3. The van der Waals surface area contributed by atoms with E-state index in [0.717, 1.165) is 12.8 Å². The predicted octanol–water partition coefficient (Wildman–Crippen LogP) is 6.00. The zero-order valence-corrected chi connectivity index (χ0v) is 17.0. The standard InChI is InChI=1S/C22H42O3/c1-5-7-8-9-10-11-12-13-14-15-16-17-20(23)19(6-2)21-18-24-22(3,4)25-21/h6,19-21,23H,2,5,7-18H2,1,3-4H3/t19-,20+,21-/m1/s1. The topological polar surface area (TPSA) is 38.7 Å². The first kappa shape index (κ1) is 22.7.